The molecule has 0 saturated carbocycles. The first kappa shape index (κ1) is 21.7. The second-order valence-electron chi connectivity index (χ2n) is 8.71. The SMILES string of the molecule is Cc1ccc(C)c(COc2ccc3c(c2C)O/C(=C\c2ccc(-c4ccccc4)cc2)C3=O)c1. The lowest BCUT2D eigenvalue weighted by atomic mass is 10.0. The molecule has 0 spiro atoms. The van der Waals surface area contributed by atoms with Crippen LogP contribution in [-0.4, -0.2) is 5.78 Å². The Balaban J connectivity index is 1.35. The van der Waals surface area contributed by atoms with Gasteiger partial charge in [0.05, 0.1) is 5.56 Å². The van der Waals surface area contributed by atoms with Crippen LogP contribution in [0, 0.1) is 20.8 Å². The van der Waals surface area contributed by atoms with Gasteiger partial charge >= 0.3 is 0 Å². The van der Waals surface area contributed by atoms with Gasteiger partial charge in [-0.05, 0) is 66.8 Å². The molecule has 0 unspecified atom stereocenters. The molecule has 0 bridgehead atoms. The van der Waals surface area contributed by atoms with Gasteiger partial charge in [-0.2, -0.15) is 0 Å². The van der Waals surface area contributed by atoms with Crippen LogP contribution in [0.2, 0.25) is 0 Å². The molecule has 4 aromatic rings. The highest BCUT2D eigenvalue weighted by atomic mass is 16.5. The maximum atomic E-state index is 13.0. The third-order valence-electron chi connectivity index (χ3n) is 6.24. The van der Waals surface area contributed by atoms with E-state index < -0.39 is 0 Å². The molecule has 168 valence electrons. The standard InChI is InChI=1S/C31H26O3/c1-20-9-10-21(2)26(17-20)19-33-28-16-15-27-30(32)29(34-31(27)22(28)3)18-23-11-13-25(14-12-23)24-7-5-4-6-8-24/h4-18H,19H2,1-3H3/b29-18-. The fraction of sp³-hybridized carbons (Fsp3) is 0.129. The summed E-state index contributed by atoms with van der Waals surface area (Å²) in [5.41, 5.74) is 8.16. The normalized spacial score (nSPS) is 13.6. The highest BCUT2D eigenvalue weighted by Gasteiger charge is 2.30. The van der Waals surface area contributed by atoms with E-state index in [4.69, 9.17) is 9.47 Å². The maximum Gasteiger partial charge on any atom is 0.231 e. The number of rotatable bonds is 5. The van der Waals surface area contributed by atoms with Crippen molar-refractivity contribution in [3.8, 4) is 22.6 Å². The number of aryl methyl sites for hydroxylation is 2. The number of ether oxygens (including phenoxy) is 2. The van der Waals surface area contributed by atoms with E-state index in [2.05, 4.69) is 56.3 Å². The van der Waals surface area contributed by atoms with Crippen LogP contribution in [-0.2, 0) is 6.61 Å². The van der Waals surface area contributed by atoms with Gasteiger partial charge in [-0.15, -0.1) is 0 Å². The Morgan fingerprint density at radius 2 is 1.56 bits per heavy atom. The largest absolute Gasteiger partial charge is 0.488 e. The summed E-state index contributed by atoms with van der Waals surface area (Å²) in [7, 11) is 0. The van der Waals surface area contributed by atoms with Gasteiger partial charge in [0.25, 0.3) is 0 Å². The quantitative estimate of drug-likeness (QED) is 0.298. The van der Waals surface area contributed by atoms with Crippen molar-refractivity contribution in [2.45, 2.75) is 27.4 Å². The Hall–Kier alpha value is -4.11. The number of hydrogen-bond acceptors (Lipinski definition) is 3. The summed E-state index contributed by atoms with van der Waals surface area (Å²) in [6, 6.07) is 28.3. The smallest absolute Gasteiger partial charge is 0.231 e. The zero-order valence-electron chi connectivity index (χ0n) is 19.6. The number of allylic oxidation sites excluding steroid dienone is 1. The second-order valence-corrected chi connectivity index (χ2v) is 8.71. The van der Waals surface area contributed by atoms with E-state index in [1.165, 1.54) is 11.1 Å². The Morgan fingerprint density at radius 1 is 0.824 bits per heavy atom. The van der Waals surface area contributed by atoms with Gasteiger partial charge in [-0.25, -0.2) is 0 Å². The molecule has 0 amide bonds. The van der Waals surface area contributed by atoms with Crippen LogP contribution in [0.1, 0.15) is 38.2 Å². The highest BCUT2D eigenvalue weighted by Crippen LogP contribution is 2.39. The van der Waals surface area contributed by atoms with Crippen LogP contribution in [0.5, 0.6) is 11.5 Å². The summed E-state index contributed by atoms with van der Waals surface area (Å²) in [6.07, 6.45) is 1.80. The average molecular weight is 447 g/mol. The highest BCUT2D eigenvalue weighted by molar-refractivity contribution is 6.15. The fourth-order valence-corrected chi connectivity index (χ4v) is 4.19. The van der Waals surface area contributed by atoms with Gasteiger partial charge in [0.1, 0.15) is 18.1 Å². The Morgan fingerprint density at radius 3 is 2.32 bits per heavy atom. The first-order valence-corrected chi connectivity index (χ1v) is 11.4. The van der Waals surface area contributed by atoms with Gasteiger partial charge in [0, 0.05) is 5.56 Å². The molecule has 0 atom stereocenters. The third kappa shape index (κ3) is 4.25. The fourth-order valence-electron chi connectivity index (χ4n) is 4.19. The van der Waals surface area contributed by atoms with Crippen LogP contribution in [0.25, 0.3) is 17.2 Å². The van der Waals surface area contributed by atoms with E-state index >= 15 is 0 Å². The van der Waals surface area contributed by atoms with E-state index in [1.807, 2.05) is 43.3 Å². The van der Waals surface area contributed by atoms with Crippen molar-refractivity contribution >= 4 is 11.9 Å². The summed E-state index contributed by atoms with van der Waals surface area (Å²) in [4.78, 5) is 13.0. The number of Topliss-reactive ketones (excluding diaryl/α,β-unsaturated/α-hetero) is 1. The molecule has 0 aromatic heterocycles. The minimum absolute atomic E-state index is 0.105. The number of ketones is 1. The lowest BCUT2D eigenvalue weighted by Crippen LogP contribution is -2.00. The molecule has 1 heterocycles. The number of fused-ring (bicyclic) bond motifs is 1. The maximum absolute atomic E-state index is 13.0. The molecule has 34 heavy (non-hydrogen) atoms. The second kappa shape index (κ2) is 9.03. The van der Waals surface area contributed by atoms with Crippen molar-refractivity contribution in [3.05, 3.63) is 124 Å². The van der Waals surface area contributed by atoms with Crippen LogP contribution in [0.4, 0.5) is 0 Å². The first-order valence-electron chi connectivity index (χ1n) is 11.4. The zero-order valence-corrected chi connectivity index (χ0v) is 19.6. The number of carbonyl (C=O) groups is 1. The molecule has 3 heteroatoms. The minimum atomic E-state index is -0.105. The van der Waals surface area contributed by atoms with Crippen LogP contribution < -0.4 is 9.47 Å². The van der Waals surface area contributed by atoms with Gasteiger partial charge < -0.3 is 9.47 Å². The molecular formula is C31H26O3. The lowest BCUT2D eigenvalue weighted by Gasteiger charge is -2.13. The van der Waals surface area contributed by atoms with Gasteiger partial charge in [-0.1, -0.05) is 78.4 Å². The van der Waals surface area contributed by atoms with Crippen molar-refractivity contribution in [2.24, 2.45) is 0 Å². The Labute approximate surface area is 200 Å². The summed E-state index contributed by atoms with van der Waals surface area (Å²) in [5, 5.41) is 0. The molecular weight excluding hydrogens is 420 g/mol. The topological polar surface area (TPSA) is 35.5 Å². The van der Waals surface area contributed by atoms with Gasteiger partial charge in [-0.3, -0.25) is 4.79 Å². The first-order chi connectivity index (χ1) is 16.5. The minimum Gasteiger partial charge on any atom is -0.488 e. The van der Waals surface area contributed by atoms with Crippen molar-refractivity contribution in [3.63, 3.8) is 0 Å². The molecule has 0 N–H and O–H groups in total. The lowest BCUT2D eigenvalue weighted by molar-refractivity contribution is 0.101. The molecule has 0 radical (unpaired) electrons. The third-order valence-corrected chi connectivity index (χ3v) is 6.24. The molecule has 0 aliphatic carbocycles. The molecule has 5 rings (SSSR count). The van der Waals surface area contributed by atoms with Crippen LogP contribution in [0.3, 0.4) is 0 Å². The van der Waals surface area contributed by atoms with Crippen molar-refractivity contribution in [2.75, 3.05) is 0 Å². The monoisotopic (exact) mass is 446 g/mol. The molecule has 1 aliphatic rings. The Bertz CT molecular complexity index is 1400. The number of carbonyl (C=O) groups excluding carboxylic acids is 1. The molecule has 1 aliphatic heterocycles. The van der Waals surface area contributed by atoms with Crippen LogP contribution >= 0.6 is 0 Å². The van der Waals surface area contributed by atoms with E-state index in [0.29, 0.717) is 23.7 Å². The van der Waals surface area contributed by atoms with Crippen LogP contribution in [0.15, 0.2) is 90.7 Å². The van der Waals surface area contributed by atoms with Crippen molar-refractivity contribution in [1.29, 1.82) is 0 Å². The summed E-state index contributed by atoms with van der Waals surface area (Å²) in [6.45, 7) is 6.56. The molecule has 0 saturated heterocycles. The zero-order chi connectivity index (χ0) is 23.7. The average Bonchev–Trinajstić information content (AvgIpc) is 3.17. The predicted octanol–water partition coefficient (Wildman–Crippen LogP) is 7.47. The molecule has 3 nitrogen and oxygen atoms in total. The predicted molar refractivity (Wildman–Crippen MR) is 136 cm³/mol. The van der Waals surface area contributed by atoms with Gasteiger partial charge in [0.2, 0.25) is 5.78 Å². The molecule has 4 aromatic carbocycles. The summed E-state index contributed by atoms with van der Waals surface area (Å²) < 4.78 is 12.2. The number of hydrogen-bond donors (Lipinski definition) is 0. The Kier molecular flexibility index (Phi) is 5.77. The van der Waals surface area contributed by atoms with Crippen molar-refractivity contribution < 1.29 is 14.3 Å². The van der Waals surface area contributed by atoms with Crippen molar-refractivity contribution in [1.82, 2.24) is 0 Å². The van der Waals surface area contributed by atoms with Gasteiger partial charge in [0.15, 0.2) is 5.76 Å². The summed E-state index contributed by atoms with van der Waals surface area (Å²) >= 11 is 0. The number of benzene rings is 4. The summed E-state index contributed by atoms with van der Waals surface area (Å²) in [5.74, 6) is 1.53. The van der Waals surface area contributed by atoms with E-state index in [9.17, 15) is 4.79 Å². The van der Waals surface area contributed by atoms with E-state index in [1.54, 1.807) is 12.1 Å². The van der Waals surface area contributed by atoms with E-state index in [0.717, 1.165) is 33.6 Å². The molecule has 0 fully saturated rings. The van der Waals surface area contributed by atoms with E-state index in [-0.39, 0.29) is 5.78 Å².